The van der Waals surface area contributed by atoms with Gasteiger partial charge in [-0.05, 0) is 41.8 Å². The first-order valence-corrected chi connectivity index (χ1v) is 8.69. The van der Waals surface area contributed by atoms with Crippen LogP contribution in [0, 0.1) is 0 Å². The third-order valence-corrected chi connectivity index (χ3v) is 4.14. The van der Waals surface area contributed by atoms with E-state index < -0.39 is 0 Å². The van der Waals surface area contributed by atoms with Gasteiger partial charge in [-0.3, -0.25) is 9.59 Å². The Bertz CT molecular complexity index is 805. The Hall–Kier alpha value is -3.22. The lowest BCUT2D eigenvalue weighted by molar-refractivity contribution is -0.129. The minimum Gasteiger partial charge on any atom is -0.497 e. The normalized spacial score (nSPS) is 11.7. The third kappa shape index (κ3) is 5.37. The van der Waals surface area contributed by atoms with Crippen molar-refractivity contribution in [3.63, 3.8) is 0 Å². The van der Waals surface area contributed by atoms with Crippen molar-refractivity contribution in [1.82, 2.24) is 10.6 Å². The van der Waals surface area contributed by atoms with E-state index in [4.69, 9.17) is 14.2 Å². The molecule has 0 radical (unpaired) electrons. The van der Waals surface area contributed by atoms with Crippen molar-refractivity contribution in [2.75, 3.05) is 20.4 Å². The number of carbonyl (C=O) groups excluding carboxylic acids is 2. The molecular weight excluding hydrogens is 348 g/mol. The number of methoxy groups -OCH3 is 1. The molecule has 7 heteroatoms. The molecule has 0 spiro atoms. The van der Waals surface area contributed by atoms with E-state index in [1.807, 2.05) is 36.4 Å². The number of hydrogen-bond donors (Lipinski definition) is 2. The van der Waals surface area contributed by atoms with Crippen LogP contribution in [0.25, 0.3) is 0 Å². The van der Waals surface area contributed by atoms with Crippen LogP contribution in [-0.4, -0.2) is 32.3 Å². The average molecular weight is 370 g/mol. The number of carbonyl (C=O) groups is 2. The summed E-state index contributed by atoms with van der Waals surface area (Å²) in [6, 6.07) is 13.1. The molecule has 3 rings (SSSR count). The molecule has 2 amide bonds. The number of ether oxygens (including phenoxy) is 3. The van der Waals surface area contributed by atoms with Crippen molar-refractivity contribution in [1.29, 1.82) is 0 Å². The van der Waals surface area contributed by atoms with Gasteiger partial charge in [0, 0.05) is 13.1 Å². The molecular formula is C20H22N2O5. The molecule has 142 valence electrons. The summed E-state index contributed by atoms with van der Waals surface area (Å²) in [6.45, 7) is 1.01. The highest BCUT2D eigenvalue weighted by Gasteiger charge is 2.14. The van der Waals surface area contributed by atoms with Crippen molar-refractivity contribution >= 4 is 11.8 Å². The van der Waals surface area contributed by atoms with Gasteiger partial charge in [0.1, 0.15) is 12.2 Å². The molecule has 0 unspecified atom stereocenters. The van der Waals surface area contributed by atoms with E-state index in [9.17, 15) is 9.59 Å². The Balaban J connectivity index is 1.35. The molecule has 0 saturated carbocycles. The van der Waals surface area contributed by atoms with E-state index in [0.717, 1.165) is 16.9 Å². The Labute approximate surface area is 157 Å². The maximum absolute atomic E-state index is 11.9. The molecule has 1 heterocycles. The van der Waals surface area contributed by atoms with Crippen LogP contribution in [0.4, 0.5) is 0 Å². The number of benzene rings is 2. The lowest BCUT2D eigenvalue weighted by Crippen LogP contribution is -2.32. The molecule has 0 aromatic heterocycles. The van der Waals surface area contributed by atoms with E-state index in [1.165, 1.54) is 0 Å². The van der Waals surface area contributed by atoms with Crippen LogP contribution in [0.3, 0.4) is 0 Å². The van der Waals surface area contributed by atoms with Crippen LogP contribution >= 0.6 is 0 Å². The Morgan fingerprint density at radius 3 is 2.44 bits per heavy atom. The molecule has 7 nitrogen and oxygen atoms in total. The summed E-state index contributed by atoms with van der Waals surface area (Å²) in [4.78, 5) is 23.8. The van der Waals surface area contributed by atoms with E-state index in [1.54, 1.807) is 13.2 Å². The van der Waals surface area contributed by atoms with E-state index >= 15 is 0 Å². The first kappa shape index (κ1) is 18.6. The number of fused-ring (bicyclic) bond motifs is 1. The molecule has 1 aliphatic heterocycles. The van der Waals surface area contributed by atoms with Crippen LogP contribution in [0.5, 0.6) is 17.2 Å². The highest BCUT2D eigenvalue weighted by atomic mass is 16.7. The maximum atomic E-state index is 11.9. The van der Waals surface area contributed by atoms with Crippen molar-refractivity contribution in [3.05, 3.63) is 53.6 Å². The van der Waals surface area contributed by atoms with Crippen molar-refractivity contribution < 1.29 is 23.8 Å². The molecule has 2 aromatic rings. The summed E-state index contributed by atoms with van der Waals surface area (Å²) in [5, 5.41) is 5.49. The lowest BCUT2D eigenvalue weighted by Gasteiger charge is -2.08. The van der Waals surface area contributed by atoms with Crippen LogP contribution in [0.15, 0.2) is 42.5 Å². The summed E-state index contributed by atoms with van der Waals surface area (Å²) in [6.07, 6.45) is 0.488. The van der Waals surface area contributed by atoms with Gasteiger partial charge in [-0.15, -0.1) is 0 Å². The zero-order chi connectivity index (χ0) is 19.1. The molecule has 0 atom stereocenters. The molecule has 1 aliphatic rings. The highest BCUT2D eigenvalue weighted by Crippen LogP contribution is 2.32. The molecule has 0 bridgehead atoms. The molecule has 2 N–H and O–H groups in total. The fourth-order valence-corrected chi connectivity index (χ4v) is 2.66. The molecule has 2 aromatic carbocycles. The minimum absolute atomic E-state index is 0.201. The minimum atomic E-state index is -0.324. The number of rotatable bonds is 8. The standard InChI is InChI=1S/C20H22N2O5/c1-25-16-5-2-14(3-6-16)8-9-21-19(23)11-20(24)22-12-15-4-7-17-18(10-15)27-13-26-17/h2-7,10H,8-9,11-13H2,1H3,(H,21,23)(H,22,24). The molecule has 27 heavy (non-hydrogen) atoms. The van der Waals surface area contributed by atoms with Crippen LogP contribution in [0.1, 0.15) is 17.5 Å². The van der Waals surface area contributed by atoms with Gasteiger partial charge in [0.2, 0.25) is 18.6 Å². The molecule has 0 fully saturated rings. The summed E-state index contributed by atoms with van der Waals surface area (Å²) in [5.41, 5.74) is 1.97. The van der Waals surface area contributed by atoms with E-state index in [0.29, 0.717) is 31.0 Å². The largest absolute Gasteiger partial charge is 0.497 e. The van der Waals surface area contributed by atoms with Crippen LogP contribution in [-0.2, 0) is 22.6 Å². The SMILES string of the molecule is COc1ccc(CCNC(=O)CC(=O)NCc2ccc3c(c2)OCO3)cc1. The van der Waals surface area contributed by atoms with Gasteiger partial charge in [-0.1, -0.05) is 18.2 Å². The van der Waals surface area contributed by atoms with Crippen LogP contribution in [0.2, 0.25) is 0 Å². The summed E-state index contributed by atoms with van der Waals surface area (Å²) < 4.78 is 15.6. The number of amides is 2. The Kier molecular flexibility index (Phi) is 6.14. The van der Waals surface area contributed by atoms with Gasteiger partial charge in [-0.2, -0.15) is 0 Å². The zero-order valence-corrected chi connectivity index (χ0v) is 15.1. The van der Waals surface area contributed by atoms with Crippen molar-refractivity contribution in [2.45, 2.75) is 19.4 Å². The van der Waals surface area contributed by atoms with Gasteiger partial charge in [0.05, 0.1) is 7.11 Å². The van der Waals surface area contributed by atoms with E-state index in [-0.39, 0.29) is 25.0 Å². The second-order valence-electron chi connectivity index (χ2n) is 6.09. The maximum Gasteiger partial charge on any atom is 0.231 e. The number of hydrogen-bond acceptors (Lipinski definition) is 5. The molecule has 0 saturated heterocycles. The third-order valence-electron chi connectivity index (χ3n) is 4.14. The topological polar surface area (TPSA) is 85.9 Å². The smallest absolute Gasteiger partial charge is 0.231 e. The summed E-state index contributed by atoms with van der Waals surface area (Å²) in [5.74, 6) is 1.53. The summed E-state index contributed by atoms with van der Waals surface area (Å²) >= 11 is 0. The fraction of sp³-hybridized carbons (Fsp3) is 0.300. The van der Waals surface area contributed by atoms with Gasteiger partial charge in [-0.25, -0.2) is 0 Å². The highest BCUT2D eigenvalue weighted by molar-refractivity contribution is 5.96. The predicted octanol–water partition coefficient (Wildman–Crippen LogP) is 1.79. The van der Waals surface area contributed by atoms with Gasteiger partial charge in [0.15, 0.2) is 11.5 Å². The van der Waals surface area contributed by atoms with Gasteiger partial charge in [0.25, 0.3) is 0 Å². The van der Waals surface area contributed by atoms with E-state index in [2.05, 4.69) is 10.6 Å². The number of nitrogens with one attached hydrogen (secondary N) is 2. The lowest BCUT2D eigenvalue weighted by atomic mass is 10.1. The Morgan fingerprint density at radius 1 is 0.963 bits per heavy atom. The van der Waals surface area contributed by atoms with Gasteiger partial charge < -0.3 is 24.8 Å². The first-order valence-electron chi connectivity index (χ1n) is 8.69. The quantitative estimate of drug-likeness (QED) is 0.692. The van der Waals surface area contributed by atoms with Crippen molar-refractivity contribution in [2.24, 2.45) is 0 Å². The van der Waals surface area contributed by atoms with Gasteiger partial charge >= 0.3 is 0 Å². The monoisotopic (exact) mass is 370 g/mol. The first-order chi connectivity index (χ1) is 13.1. The summed E-state index contributed by atoms with van der Waals surface area (Å²) in [7, 11) is 1.62. The van der Waals surface area contributed by atoms with Crippen molar-refractivity contribution in [3.8, 4) is 17.2 Å². The van der Waals surface area contributed by atoms with Crippen LogP contribution < -0.4 is 24.8 Å². The second kappa shape index (κ2) is 8.93. The fourth-order valence-electron chi connectivity index (χ4n) is 2.66. The second-order valence-corrected chi connectivity index (χ2v) is 6.09. The Morgan fingerprint density at radius 2 is 1.67 bits per heavy atom. The molecule has 0 aliphatic carbocycles. The predicted molar refractivity (Wildman–Crippen MR) is 98.7 cm³/mol. The average Bonchev–Trinajstić information content (AvgIpc) is 3.14. The zero-order valence-electron chi connectivity index (χ0n) is 15.1.